The smallest absolute Gasteiger partial charge is 0.322 e. The molecule has 0 radical (unpaired) electrons. The first-order valence-electron chi connectivity index (χ1n) is 8.52. The summed E-state index contributed by atoms with van der Waals surface area (Å²) in [4.78, 5) is 36.9. The molecule has 0 spiro atoms. The number of aliphatic carboxylic acids is 1. The molecule has 2 amide bonds. The average Bonchev–Trinajstić information content (AvgIpc) is 2.67. The van der Waals surface area contributed by atoms with E-state index in [0.717, 1.165) is 0 Å². The monoisotopic (exact) mass is 382 g/mol. The SMILES string of the molecule is O=C(O)CNC(=O)C1=C(O)CCN(c2cccc(Oc3ccccc3)c2)C1=O. The summed E-state index contributed by atoms with van der Waals surface area (Å²) in [6, 6.07) is 15.9. The predicted molar refractivity (Wildman–Crippen MR) is 100 cm³/mol. The van der Waals surface area contributed by atoms with Crippen LogP contribution in [-0.2, 0) is 14.4 Å². The van der Waals surface area contributed by atoms with E-state index in [1.807, 2.05) is 18.2 Å². The fourth-order valence-electron chi connectivity index (χ4n) is 2.76. The highest BCUT2D eigenvalue weighted by atomic mass is 16.5. The summed E-state index contributed by atoms with van der Waals surface area (Å²) in [5.41, 5.74) is 0.0383. The van der Waals surface area contributed by atoms with E-state index in [2.05, 4.69) is 5.32 Å². The second kappa shape index (κ2) is 8.26. The highest BCUT2D eigenvalue weighted by Gasteiger charge is 2.33. The van der Waals surface area contributed by atoms with Crippen LogP contribution in [-0.4, -0.2) is 41.1 Å². The lowest BCUT2D eigenvalue weighted by molar-refractivity contribution is -0.137. The lowest BCUT2D eigenvalue weighted by atomic mass is 10.0. The minimum atomic E-state index is -1.25. The third-order valence-corrected chi connectivity index (χ3v) is 4.06. The molecule has 0 saturated heterocycles. The molecule has 1 aliphatic rings. The Kier molecular flexibility index (Phi) is 5.59. The zero-order chi connectivity index (χ0) is 20.1. The van der Waals surface area contributed by atoms with Crippen LogP contribution < -0.4 is 15.0 Å². The van der Waals surface area contributed by atoms with Gasteiger partial charge in [0.25, 0.3) is 11.8 Å². The van der Waals surface area contributed by atoms with E-state index in [0.29, 0.717) is 17.2 Å². The maximum Gasteiger partial charge on any atom is 0.322 e. The highest BCUT2D eigenvalue weighted by Crippen LogP contribution is 2.29. The van der Waals surface area contributed by atoms with Crippen LogP contribution in [0.3, 0.4) is 0 Å². The molecule has 3 rings (SSSR count). The van der Waals surface area contributed by atoms with Crippen molar-refractivity contribution in [3.8, 4) is 11.5 Å². The molecule has 0 atom stereocenters. The van der Waals surface area contributed by atoms with E-state index in [9.17, 15) is 19.5 Å². The van der Waals surface area contributed by atoms with Crippen LogP contribution in [0.25, 0.3) is 0 Å². The third kappa shape index (κ3) is 4.29. The molecule has 3 N–H and O–H groups in total. The Morgan fingerprint density at radius 2 is 1.79 bits per heavy atom. The first kappa shape index (κ1) is 19.0. The van der Waals surface area contributed by atoms with Gasteiger partial charge in [0.15, 0.2) is 0 Å². The number of nitrogens with zero attached hydrogens (tertiary/aromatic N) is 1. The van der Waals surface area contributed by atoms with Crippen molar-refractivity contribution in [2.45, 2.75) is 6.42 Å². The maximum atomic E-state index is 12.8. The van der Waals surface area contributed by atoms with Crippen molar-refractivity contribution in [1.29, 1.82) is 0 Å². The summed E-state index contributed by atoms with van der Waals surface area (Å²) < 4.78 is 5.76. The number of ether oxygens (including phenoxy) is 1. The van der Waals surface area contributed by atoms with Gasteiger partial charge in [0.05, 0.1) is 0 Å². The summed E-state index contributed by atoms with van der Waals surface area (Å²) in [5.74, 6) is -2.10. The van der Waals surface area contributed by atoms with Gasteiger partial charge in [-0.3, -0.25) is 14.4 Å². The van der Waals surface area contributed by atoms with E-state index in [1.165, 1.54) is 4.90 Å². The Hall–Kier alpha value is -3.81. The first-order valence-corrected chi connectivity index (χ1v) is 8.52. The van der Waals surface area contributed by atoms with Crippen LogP contribution in [0.4, 0.5) is 5.69 Å². The number of carbonyl (C=O) groups excluding carboxylic acids is 2. The molecular weight excluding hydrogens is 364 g/mol. The molecule has 8 heteroatoms. The Morgan fingerprint density at radius 1 is 1.07 bits per heavy atom. The number of rotatable bonds is 6. The van der Waals surface area contributed by atoms with E-state index >= 15 is 0 Å². The standard InChI is InChI=1S/C20H18N2O6/c23-16-9-10-22(20(27)18(16)19(26)21-12-17(24)25)13-5-4-8-15(11-13)28-14-6-2-1-3-7-14/h1-8,11,23H,9-10,12H2,(H,21,26)(H,24,25). The van der Waals surface area contributed by atoms with Gasteiger partial charge in [-0.1, -0.05) is 24.3 Å². The summed E-state index contributed by atoms with van der Waals surface area (Å²) in [6.07, 6.45) is 0.0747. The van der Waals surface area contributed by atoms with Crippen molar-refractivity contribution < 1.29 is 29.3 Å². The second-order valence-electron chi connectivity index (χ2n) is 6.02. The number of hydrogen-bond donors (Lipinski definition) is 3. The number of carboxylic acid groups (broad SMARTS) is 1. The van der Waals surface area contributed by atoms with Crippen LogP contribution in [0, 0.1) is 0 Å². The van der Waals surface area contributed by atoms with Crippen molar-refractivity contribution >= 4 is 23.5 Å². The van der Waals surface area contributed by atoms with Crippen molar-refractivity contribution in [1.82, 2.24) is 5.32 Å². The second-order valence-corrected chi connectivity index (χ2v) is 6.02. The fraction of sp³-hybridized carbons (Fsp3) is 0.150. The van der Waals surface area contributed by atoms with Crippen molar-refractivity contribution in [3.63, 3.8) is 0 Å². The van der Waals surface area contributed by atoms with Crippen molar-refractivity contribution in [2.75, 3.05) is 18.0 Å². The summed E-state index contributed by atoms with van der Waals surface area (Å²) in [6.45, 7) is -0.474. The molecule has 2 aromatic carbocycles. The molecular formula is C20H18N2O6. The summed E-state index contributed by atoms with van der Waals surface area (Å²) in [5, 5.41) is 20.8. The number of carboxylic acids is 1. The number of para-hydroxylation sites is 1. The molecule has 0 saturated carbocycles. The number of aliphatic hydroxyl groups excluding tert-OH is 1. The van der Waals surface area contributed by atoms with E-state index < -0.39 is 29.9 Å². The Bertz CT molecular complexity index is 939. The number of carbonyl (C=O) groups is 3. The Balaban J connectivity index is 1.80. The molecule has 0 unspecified atom stereocenters. The van der Waals surface area contributed by atoms with Crippen molar-refractivity contribution in [2.24, 2.45) is 0 Å². The quantitative estimate of drug-likeness (QED) is 0.660. The normalized spacial score (nSPS) is 14.0. The molecule has 1 heterocycles. The number of benzene rings is 2. The topological polar surface area (TPSA) is 116 Å². The molecule has 144 valence electrons. The number of nitrogens with one attached hydrogen (secondary N) is 1. The molecule has 0 fully saturated rings. The minimum Gasteiger partial charge on any atom is -0.511 e. The van der Waals surface area contributed by atoms with Crippen LogP contribution in [0.5, 0.6) is 11.5 Å². The highest BCUT2D eigenvalue weighted by molar-refractivity contribution is 6.24. The maximum absolute atomic E-state index is 12.8. The summed E-state index contributed by atoms with van der Waals surface area (Å²) >= 11 is 0. The molecule has 8 nitrogen and oxygen atoms in total. The van der Waals surface area contributed by atoms with Gasteiger partial charge in [0.2, 0.25) is 0 Å². The van der Waals surface area contributed by atoms with Gasteiger partial charge >= 0.3 is 5.97 Å². The zero-order valence-electron chi connectivity index (χ0n) is 14.8. The molecule has 0 aromatic heterocycles. The fourth-order valence-corrected chi connectivity index (χ4v) is 2.76. The number of aliphatic hydroxyl groups is 1. The lowest BCUT2D eigenvalue weighted by Crippen LogP contribution is -2.43. The molecule has 1 aliphatic heterocycles. The van der Waals surface area contributed by atoms with Gasteiger partial charge in [0.1, 0.15) is 29.4 Å². The van der Waals surface area contributed by atoms with E-state index in [4.69, 9.17) is 9.84 Å². The van der Waals surface area contributed by atoms with Crippen molar-refractivity contribution in [3.05, 3.63) is 65.9 Å². The summed E-state index contributed by atoms with van der Waals surface area (Å²) in [7, 11) is 0. The predicted octanol–water partition coefficient (Wildman–Crippen LogP) is 2.23. The third-order valence-electron chi connectivity index (χ3n) is 4.06. The Labute approximate surface area is 160 Å². The molecule has 0 aliphatic carbocycles. The minimum absolute atomic E-state index is 0.0747. The van der Waals surface area contributed by atoms with Crippen LogP contribution in [0.2, 0.25) is 0 Å². The lowest BCUT2D eigenvalue weighted by Gasteiger charge is -2.28. The van der Waals surface area contributed by atoms with Gasteiger partial charge in [-0.2, -0.15) is 0 Å². The molecule has 28 heavy (non-hydrogen) atoms. The first-order chi connectivity index (χ1) is 13.5. The number of anilines is 1. The molecule has 2 aromatic rings. The Morgan fingerprint density at radius 3 is 2.50 bits per heavy atom. The molecule has 0 bridgehead atoms. The van der Waals surface area contributed by atoms with Gasteiger partial charge in [0, 0.05) is 24.7 Å². The van der Waals surface area contributed by atoms with Crippen LogP contribution in [0.1, 0.15) is 6.42 Å². The van der Waals surface area contributed by atoms with Gasteiger partial charge in [-0.15, -0.1) is 0 Å². The van der Waals surface area contributed by atoms with Crippen LogP contribution in [0.15, 0.2) is 65.9 Å². The zero-order valence-corrected chi connectivity index (χ0v) is 14.8. The van der Waals surface area contributed by atoms with Gasteiger partial charge in [-0.25, -0.2) is 0 Å². The van der Waals surface area contributed by atoms with E-state index in [-0.39, 0.29) is 18.7 Å². The van der Waals surface area contributed by atoms with E-state index in [1.54, 1.807) is 36.4 Å². The van der Waals surface area contributed by atoms with Gasteiger partial charge < -0.3 is 25.2 Å². The largest absolute Gasteiger partial charge is 0.511 e. The number of amides is 2. The number of hydrogen-bond acceptors (Lipinski definition) is 5. The van der Waals surface area contributed by atoms with Crippen LogP contribution >= 0.6 is 0 Å². The van der Waals surface area contributed by atoms with Gasteiger partial charge in [-0.05, 0) is 24.3 Å². The average molecular weight is 382 g/mol.